The molecule has 0 radical (unpaired) electrons. The largest absolute Gasteiger partial charge is 0.444 e. The zero-order valence-electron chi connectivity index (χ0n) is 22.0. The third-order valence-corrected chi connectivity index (χ3v) is 7.16. The molecule has 2 aliphatic rings. The molecule has 2 aromatic heterocycles. The Hall–Kier alpha value is -3.37. The first kappa shape index (κ1) is 26.2. The Morgan fingerprint density at radius 1 is 1.21 bits per heavy atom. The van der Waals surface area contributed by atoms with Gasteiger partial charge in [-0.05, 0) is 57.5 Å². The Morgan fingerprint density at radius 2 is 2.05 bits per heavy atom. The second kappa shape index (κ2) is 10.8. The fourth-order valence-electron chi connectivity index (χ4n) is 5.53. The van der Waals surface area contributed by atoms with E-state index >= 15 is 4.39 Å². The minimum atomic E-state index is -0.693. The highest BCUT2D eigenvalue weighted by molar-refractivity contribution is 5.68. The van der Waals surface area contributed by atoms with E-state index in [1.807, 2.05) is 24.4 Å². The van der Waals surface area contributed by atoms with Crippen LogP contribution in [0.4, 0.5) is 13.6 Å². The summed E-state index contributed by atoms with van der Waals surface area (Å²) in [6, 6.07) is 8.23. The van der Waals surface area contributed by atoms with Crippen LogP contribution in [-0.4, -0.2) is 61.8 Å². The molecule has 202 valence electrons. The molecule has 3 atom stereocenters. The number of pyridine rings is 1. The van der Waals surface area contributed by atoms with Crippen molar-refractivity contribution < 1.29 is 18.3 Å². The summed E-state index contributed by atoms with van der Waals surface area (Å²) in [4.78, 5) is 21.9. The lowest BCUT2D eigenvalue weighted by Gasteiger charge is -2.47. The first-order valence-corrected chi connectivity index (χ1v) is 13.0. The van der Waals surface area contributed by atoms with E-state index in [1.165, 1.54) is 6.07 Å². The predicted molar refractivity (Wildman–Crippen MR) is 138 cm³/mol. The molecule has 1 aromatic carbocycles. The van der Waals surface area contributed by atoms with E-state index in [0.29, 0.717) is 32.5 Å². The first-order chi connectivity index (χ1) is 18.2. The molecular formula is C28H34F2N6O2. The van der Waals surface area contributed by atoms with Gasteiger partial charge in [0, 0.05) is 61.7 Å². The lowest BCUT2D eigenvalue weighted by molar-refractivity contribution is 0.0169. The van der Waals surface area contributed by atoms with Crippen molar-refractivity contribution in [3.8, 4) is 0 Å². The molecule has 10 heteroatoms. The van der Waals surface area contributed by atoms with Crippen LogP contribution in [0.2, 0.25) is 0 Å². The number of H-pyrrole nitrogens is 1. The zero-order chi connectivity index (χ0) is 26.9. The topological polar surface area (TPSA) is 86.4 Å². The van der Waals surface area contributed by atoms with Crippen LogP contribution in [0.15, 0.2) is 48.8 Å². The molecule has 2 aliphatic heterocycles. The summed E-state index contributed by atoms with van der Waals surface area (Å²) in [7, 11) is 0. The number of piperidine rings is 1. The number of hydrogen-bond donors (Lipinski definition) is 2. The van der Waals surface area contributed by atoms with Gasteiger partial charge in [-0.25, -0.2) is 13.6 Å². The average molecular weight is 525 g/mol. The molecule has 0 aliphatic carbocycles. The van der Waals surface area contributed by atoms with E-state index in [2.05, 4.69) is 30.3 Å². The standard InChI is InChI=1S/C28H34F2N6O2/c1-28(2,3)38-27(37)33-24-13-21(36-15-18-14-32-34-25(18)17-36)16-35(11-9-20-6-4-5-10-31-20)26(24)22-12-19(29)7-8-23(22)30/h4-8,10,12,14,21,24,26H,9,11,13,15-17H2,1-3H3,(H,32,34)(H,33,37)/t21-,24+,26-/m1/s1. The van der Waals surface area contributed by atoms with Gasteiger partial charge in [-0.2, -0.15) is 5.10 Å². The highest BCUT2D eigenvalue weighted by Gasteiger charge is 2.42. The Labute approximate surface area is 221 Å². The van der Waals surface area contributed by atoms with Crippen molar-refractivity contribution in [2.45, 2.75) is 70.4 Å². The number of rotatable bonds is 6. The van der Waals surface area contributed by atoms with Crippen LogP contribution < -0.4 is 5.32 Å². The van der Waals surface area contributed by atoms with Crippen molar-refractivity contribution in [3.05, 3.63) is 82.9 Å². The van der Waals surface area contributed by atoms with Gasteiger partial charge in [0.05, 0.1) is 24.0 Å². The Bertz CT molecular complexity index is 1240. The van der Waals surface area contributed by atoms with Crippen LogP contribution in [0, 0.1) is 11.6 Å². The predicted octanol–water partition coefficient (Wildman–Crippen LogP) is 4.35. The van der Waals surface area contributed by atoms with Gasteiger partial charge in [0.15, 0.2) is 0 Å². The van der Waals surface area contributed by atoms with Gasteiger partial charge in [-0.1, -0.05) is 6.07 Å². The van der Waals surface area contributed by atoms with E-state index in [9.17, 15) is 9.18 Å². The number of nitrogens with one attached hydrogen (secondary N) is 2. The number of benzene rings is 1. The number of halogens is 2. The number of likely N-dealkylation sites (tertiary alicyclic amines) is 1. The number of ether oxygens (including phenoxy) is 1. The van der Waals surface area contributed by atoms with Crippen molar-refractivity contribution in [1.82, 2.24) is 30.3 Å². The normalized spacial score (nSPS) is 22.3. The number of carbonyl (C=O) groups is 1. The molecule has 3 aromatic rings. The smallest absolute Gasteiger partial charge is 0.407 e. The number of amides is 1. The minimum absolute atomic E-state index is 0.0624. The van der Waals surface area contributed by atoms with Crippen LogP contribution in [0.5, 0.6) is 0 Å². The highest BCUT2D eigenvalue weighted by atomic mass is 19.1. The van der Waals surface area contributed by atoms with Crippen molar-refractivity contribution in [3.63, 3.8) is 0 Å². The lowest BCUT2D eigenvalue weighted by atomic mass is 9.86. The Kier molecular flexibility index (Phi) is 7.45. The maximum absolute atomic E-state index is 15.2. The molecule has 0 unspecified atom stereocenters. The summed E-state index contributed by atoms with van der Waals surface area (Å²) >= 11 is 0. The molecule has 8 nitrogen and oxygen atoms in total. The van der Waals surface area contributed by atoms with Gasteiger partial charge in [0.2, 0.25) is 0 Å². The number of aromatic nitrogens is 3. The first-order valence-electron chi connectivity index (χ1n) is 13.0. The summed E-state index contributed by atoms with van der Waals surface area (Å²) in [5.74, 6) is -1.02. The second-order valence-corrected chi connectivity index (χ2v) is 11.1. The van der Waals surface area contributed by atoms with Gasteiger partial charge in [0.1, 0.15) is 17.2 Å². The summed E-state index contributed by atoms with van der Waals surface area (Å²) in [5, 5.41) is 10.2. The summed E-state index contributed by atoms with van der Waals surface area (Å²) < 4.78 is 35.2. The van der Waals surface area contributed by atoms with Crippen LogP contribution in [0.3, 0.4) is 0 Å². The molecule has 4 heterocycles. The third kappa shape index (κ3) is 6.02. The molecule has 1 saturated heterocycles. The molecule has 0 saturated carbocycles. The van der Waals surface area contributed by atoms with Crippen LogP contribution in [-0.2, 0) is 24.2 Å². The van der Waals surface area contributed by atoms with Gasteiger partial charge >= 0.3 is 6.09 Å². The zero-order valence-corrected chi connectivity index (χ0v) is 22.0. The lowest BCUT2D eigenvalue weighted by Crippen LogP contribution is -2.58. The molecule has 0 spiro atoms. The van der Waals surface area contributed by atoms with Crippen LogP contribution in [0.25, 0.3) is 0 Å². The van der Waals surface area contributed by atoms with Crippen molar-refractivity contribution in [2.75, 3.05) is 13.1 Å². The number of alkyl carbamates (subject to hydrolysis) is 1. The third-order valence-electron chi connectivity index (χ3n) is 7.16. The fourth-order valence-corrected chi connectivity index (χ4v) is 5.53. The number of fused-ring (bicyclic) bond motifs is 1. The highest BCUT2D eigenvalue weighted by Crippen LogP contribution is 2.37. The number of nitrogens with zero attached hydrogens (tertiary/aromatic N) is 4. The number of hydrogen-bond acceptors (Lipinski definition) is 6. The van der Waals surface area contributed by atoms with E-state index < -0.39 is 35.4 Å². The van der Waals surface area contributed by atoms with E-state index in [4.69, 9.17) is 4.74 Å². The average Bonchev–Trinajstić information content (AvgIpc) is 3.46. The van der Waals surface area contributed by atoms with Crippen molar-refractivity contribution >= 4 is 6.09 Å². The second-order valence-electron chi connectivity index (χ2n) is 11.1. The molecule has 38 heavy (non-hydrogen) atoms. The summed E-state index contributed by atoms with van der Waals surface area (Å²) in [6.07, 6.45) is 4.20. The summed E-state index contributed by atoms with van der Waals surface area (Å²) in [6.45, 7) is 8.02. The van der Waals surface area contributed by atoms with Crippen LogP contribution >= 0.6 is 0 Å². The molecule has 5 rings (SSSR count). The van der Waals surface area contributed by atoms with Crippen molar-refractivity contribution in [1.29, 1.82) is 0 Å². The van der Waals surface area contributed by atoms with Crippen molar-refractivity contribution in [2.24, 2.45) is 0 Å². The van der Waals surface area contributed by atoms with E-state index in [-0.39, 0.29) is 11.6 Å². The maximum atomic E-state index is 15.2. The summed E-state index contributed by atoms with van der Waals surface area (Å²) in [5.41, 5.74) is 2.68. The van der Waals surface area contributed by atoms with Gasteiger partial charge < -0.3 is 10.1 Å². The van der Waals surface area contributed by atoms with Gasteiger partial charge in [-0.3, -0.25) is 19.9 Å². The molecular weight excluding hydrogens is 490 g/mol. The Balaban J connectivity index is 1.47. The number of aromatic amines is 1. The number of carbonyl (C=O) groups excluding carboxylic acids is 1. The Morgan fingerprint density at radius 3 is 2.79 bits per heavy atom. The molecule has 2 N–H and O–H groups in total. The van der Waals surface area contributed by atoms with E-state index in [1.54, 1.807) is 27.0 Å². The van der Waals surface area contributed by atoms with Crippen LogP contribution in [0.1, 0.15) is 55.7 Å². The maximum Gasteiger partial charge on any atom is 0.407 e. The van der Waals surface area contributed by atoms with E-state index in [0.717, 1.165) is 35.6 Å². The molecule has 1 fully saturated rings. The minimum Gasteiger partial charge on any atom is -0.444 e. The van der Waals surface area contributed by atoms with Gasteiger partial charge in [-0.15, -0.1) is 0 Å². The monoisotopic (exact) mass is 524 g/mol. The van der Waals surface area contributed by atoms with Gasteiger partial charge in [0.25, 0.3) is 0 Å². The molecule has 0 bridgehead atoms. The molecule has 1 amide bonds. The fraction of sp³-hybridized carbons (Fsp3) is 0.464. The SMILES string of the molecule is CC(C)(C)OC(=O)N[C@H]1C[C@@H](N2Cc3cn[nH]c3C2)CN(CCc2ccccn2)[C@@H]1c1cc(F)ccc1F. The quantitative estimate of drug-likeness (QED) is 0.499.